The molecule has 0 aliphatic carbocycles. The molecular weight excluding hydrogens is 321 g/mol. The topological polar surface area (TPSA) is 46.2 Å². The van der Waals surface area contributed by atoms with Crippen LogP contribution in [0.1, 0.15) is 12.5 Å². The number of halogens is 2. The van der Waals surface area contributed by atoms with Crippen LogP contribution in [0.5, 0.6) is 0 Å². The first kappa shape index (κ1) is 15.6. The Balaban J connectivity index is 2.93. The average Bonchev–Trinajstić information content (AvgIpc) is 2.26. The monoisotopic (exact) mass is 337 g/mol. The maximum absolute atomic E-state index is 13.0. The molecule has 6 heteroatoms. The fourth-order valence-corrected chi connectivity index (χ4v) is 3.07. The van der Waals surface area contributed by atoms with Crippen molar-refractivity contribution in [2.45, 2.75) is 24.6 Å². The molecule has 2 atom stereocenters. The molecule has 102 valence electrons. The zero-order valence-electron chi connectivity index (χ0n) is 10.6. The lowest BCUT2D eigenvalue weighted by molar-refractivity contribution is 0.515. The summed E-state index contributed by atoms with van der Waals surface area (Å²) in [6.07, 6.45) is 1.74. The average molecular weight is 338 g/mol. The van der Waals surface area contributed by atoms with Gasteiger partial charge in [0.05, 0.1) is 5.25 Å². The van der Waals surface area contributed by atoms with Crippen LogP contribution in [0.25, 0.3) is 0 Å². The van der Waals surface area contributed by atoms with Gasteiger partial charge in [0, 0.05) is 16.8 Å². The lowest BCUT2D eigenvalue weighted by atomic mass is 10.0. The Bertz CT molecular complexity index is 519. The van der Waals surface area contributed by atoms with Crippen LogP contribution in [-0.4, -0.2) is 33.0 Å². The molecule has 18 heavy (non-hydrogen) atoms. The molecule has 0 spiro atoms. The summed E-state index contributed by atoms with van der Waals surface area (Å²) in [6.45, 7) is 1.67. The third-order valence-corrected chi connectivity index (χ3v) is 5.49. The molecule has 2 unspecified atom stereocenters. The second-order valence-electron chi connectivity index (χ2n) is 4.37. The van der Waals surface area contributed by atoms with Crippen molar-refractivity contribution in [1.82, 2.24) is 5.32 Å². The summed E-state index contributed by atoms with van der Waals surface area (Å²) in [5.74, 6) is -0.317. The Labute approximate surface area is 116 Å². The predicted molar refractivity (Wildman–Crippen MR) is 75.0 cm³/mol. The Hall–Kier alpha value is -0.460. The van der Waals surface area contributed by atoms with Crippen molar-refractivity contribution < 1.29 is 12.8 Å². The summed E-state index contributed by atoms with van der Waals surface area (Å²) in [7, 11) is -1.38. The number of nitrogens with one attached hydrogen (secondary N) is 1. The van der Waals surface area contributed by atoms with E-state index >= 15 is 0 Å². The predicted octanol–water partition coefficient (Wildman–Crippen LogP) is 2.15. The molecule has 3 nitrogen and oxygen atoms in total. The van der Waals surface area contributed by atoms with E-state index < -0.39 is 15.1 Å². The van der Waals surface area contributed by atoms with Gasteiger partial charge >= 0.3 is 0 Å². The molecule has 0 aromatic heterocycles. The summed E-state index contributed by atoms with van der Waals surface area (Å²) in [5.41, 5.74) is 0.881. The van der Waals surface area contributed by atoms with Crippen molar-refractivity contribution in [3.8, 4) is 0 Å². The van der Waals surface area contributed by atoms with Crippen molar-refractivity contribution >= 4 is 25.8 Å². The summed E-state index contributed by atoms with van der Waals surface area (Å²) in [6, 6.07) is 4.21. The number of hydrogen-bond donors (Lipinski definition) is 1. The molecule has 1 aromatic carbocycles. The van der Waals surface area contributed by atoms with Crippen molar-refractivity contribution in [3.05, 3.63) is 34.1 Å². The minimum absolute atomic E-state index is 0.207. The molecule has 0 amide bonds. The van der Waals surface area contributed by atoms with Gasteiger partial charge in [0.25, 0.3) is 0 Å². The van der Waals surface area contributed by atoms with Gasteiger partial charge in [0.1, 0.15) is 5.82 Å². The van der Waals surface area contributed by atoms with Crippen molar-refractivity contribution in [2.75, 3.05) is 13.3 Å². The zero-order chi connectivity index (χ0) is 13.9. The van der Waals surface area contributed by atoms with Crippen LogP contribution in [0.2, 0.25) is 0 Å². The highest BCUT2D eigenvalue weighted by atomic mass is 79.9. The molecule has 0 aliphatic rings. The van der Waals surface area contributed by atoms with Crippen LogP contribution >= 0.6 is 15.9 Å². The largest absolute Gasteiger partial charge is 0.315 e. The molecule has 0 saturated carbocycles. The van der Waals surface area contributed by atoms with Crippen LogP contribution in [0, 0.1) is 5.82 Å². The Morgan fingerprint density at radius 2 is 2.06 bits per heavy atom. The van der Waals surface area contributed by atoms with Crippen LogP contribution in [-0.2, 0) is 16.3 Å². The van der Waals surface area contributed by atoms with Gasteiger partial charge < -0.3 is 5.32 Å². The van der Waals surface area contributed by atoms with Crippen molar-refractivity contribution in [1.29, 1.82) is 0 Å². The quantitative estimate of drug-likeness (QED) is 0.895. The van der Waals surface area contributed by atoms with Gasteiger partial charge in [-0.15, -0.1) is 0 Å². The van der Waals surface area contributed by atoms with Crippen molar-refractivity contribution in [3.63, 3.8) is 0 Å². The van der Waals surface area contributed by atoms with Crippen LogP contribution in [0.3, 0.4) is 0 Å². The zero-order valence-corrected chi connectivity index (χ0v) is 13.0. The second-order valence-corrected chi connectivity index (χ2v) is 7.63. The van der Waals surface area contributed by atoms with E-state index in [0.29, 0.717) is 10.9 Å². The summed E-state index contributed by atoms with van der Waals surface area (Å²) in [5, 5.41) is 2.50. The highest BCUT2D eigenvalue weighted by Crippen LogP contribution is 2.21. The molecule has 0 bridgehead atoms. The maximum atomic E-state index is 13.0. The van der Waals surface area contributed by atoms with E-state index in [4.69, 9.17) is 0 Å². The minimum Gasteiger partial charge on any atom is -0.315 e. The van der Waals surface area contributed by atoms with E-state index in [-0.39, 0.29) is 11.9 Å². The van der Waals surface area contributed by atoms with Gasteiger partial charge in [0.2, 0.25) is 0 Å². The summed E-state index contributed by atoms with van der Waals surface area (Å²) < 4.78 is 36.7. The number of hydrogen-bond acceptors (Lipinski definition) is 3. The molecule has 1 aromatic rings. The fourth-order valence-electron chi connectivity index (χ4n) is 1.73. The first-order valence-electron chi connectivity index (χ1n) is 5.55. The molecule has 0 saturated heterocycles. The summed E-state index contributed by atoms with van der Waals surface area (Å²) in [4.78, 5) is 0. The normalized spacial score (nSPS) is 15.4. The maximum Gasteiger partial charge on any atom is 0.151 e. The first-order valence-corrected chi connectivity index (χ1v) is 8.30. The van der Waals surface area contributed by atoms with Crippen LogP contribution < -0.4 is 5.32 Å². The fraction of sp³-hybridized carbons (Fsp3) is 0.500. The Morgan fingerprint density at radius 3 is 2.50 bits per heavy atom. The second kappa shape index (κ2) is 6.12. The number of benzene rings is 1. The first-order chi connectivity index (χ1) is 8.25. The third kappa shape index (κ3) is 4.03. The Kier molecular flexibility index (Phi) is 5.31. The molecule has 1 rings (SSSR count). The molecule has 0 heterocycles. The highest BCUT2D eigenvalue weighted by Gasteiger charge is 2.25. The van der Waals surface area contributed by atoms with E-state index in [1.54, 1.807) is 20.0 Å². The molecular formula is C12H17BrFNO2S. The van der Waals surface area contributed by atoms with Crippen LogP contribution in [0.15, 0.2) is 22.7 Å². The van der Waals surface area contributed by atoms with Gasteiger partial charge in [-0.25, -0.2) is 12.8 Å². The van der Waals surface area contributed by atoms with E-state index in [1.165, 1.54) is 18.4 Å². The standard InChI is InChI=1S/C12H17BrFNO2S/c1-8(18(3,16)17)12(15-2)6-9-4-5-10(14)7-11(9)13/h4-5,7-8,12,15H,6H2,1-3H3. The van der Waals surface area contributed by atoms with Crippen LogP contribution in [0.4, 0.5) is 4.39 Å². The van der Waals surface area contributed by atoms with Gasteiger partial charge in [0.15, 0.2) is 9.84 Å². The molecule has 0 aliphatic heterocycles. The van der Waals surface area contributed by atoms with Gasteiger partial charge in [-0.3, -0.25) is 0 Å². The number of rotatable bonds is 5. The lowest BCUT2D eigenvalue weighted by Gasteiger charge is -2.22. The van der Waals surface area contributed by atoms with Gasteiger partial charge in [-0.05, 0) is 38.1 Å². The van der Waals surface area contributed by atoms with Crippen molar-refractivity contribution in [2.24, 2.45) is 0 Å². The van der Waals surface area contributed by atoms with E-state index in [9.17, 15) is 12.8 Å². The van der Waals surface area contributed by atoms with E-state index in [0.717, 1.165) is 5.56 Å². The SMILES string of the molecule is CNC(Cc1ccc(F)cc1Br)C(C)S(C)(=O)=O. The third-order valence-electron chi connectivity index (χ3n) is 3.07. The highest BCUT2D eigenvalue weighted by molar-refractivity contribution is 9.10. The molecule has 1 N–H and O–H groups in total. The summed E-state index contributed by atoms with van der Waals surface area (Å²) >= 11 is 3.29. The van der Waals surface area contributed by atoms with Gasteiger partial charge in [-0.2, -0.15) is 0 Å². The molecule has 0 radical (unpaired) electrons. The minimum atomic E-state index is -3.11. The number of likely N-dealkylation sites (N-methyl/N-ethyl adjacent to an activating group) is 1. The van der Waals surface area contributed by atoms with E-state index in [2.05, 4.69) is 21.2 Å². The van der Waals surface area contributed by atoms with Gasteiger partial charge in [-0.1, -0.05) is 22.0 Å². The number of sulfone groups is 1. The lowest BCUT2D eigenvalue weighted by Crippen LogP contribution is -2.42. The Morgan fingerprint density at radius 1 is 1.44 bits per heavy atom. The van der Waals surface area contributed by atoms with E-state index in [1.807, 2.05) is 0 Å². The smallest absolute Gasteiger partial charge is 0.151 e. The molecule has 0 fully saturated rings.